The average Bonchev–Trinajstić information content (AvgIpc) is 3.37. The summed E-state index contributed by atoms with van der Waals surface area (Å²) < 4.78 is 9.05. The van der Waals surface area contributed by atoms with Crippen LogP contribution in [0.5, 0.6) is 0 Å². The normalized spacial score (nSPS) is 11.3. The summed E-state index contributed by atoms with van der Waals surface area (Å²) in [6.07, 6.45) is 3.50. The van der Waals surface area contributed by atoms with E-state index in [1.807, 2.05) is 30.3 Å². The third-order valence-electron chi connectivity index (χ3n) is 5.44. The summed E-state index contributed by atoms with van der Waals surface area (Å²) >= 11 is 1.56. The lowest BCUT2D eigenvalue weighted by molar-refractivity contribution is 0.514. The molecule has 7 nitrogen and oxygen atoms in total. The van der Waals surface area contributed by atoms with Crippen LogP contribution in [0, 0.1) is 13.8 Å². The number of benzene rings is 2. The molecule has 5 rings (SSSR count). The Labute approximate surface area is 188 Å². The molecule has 0 aliphatic rings. The number of oxazole rings is 1. The molecule has 3 aromatic heterocycles. The van der Waals surface area contributed by atoms with E-state index in [0.717, 1.165) is 27.7 Å². The number of hydrogen-bond acceptors (Lipinski definition) is 6. The number of para-hydroxylation sites is 2. The molecule has 2 aromatic carbocycles. The Balaban J connectivity index is 1.48. The smallest absolute Gasteiger partial charge is 0.408 e. The molecule has 0 amide bonds. The Morgan fingerprint density at radius 3 is 2.59 bits per heavy atom. The van der Waals surface area contributed by atoms with Gasteiger partial charge in [-0.1, -0.05) is 30.0 Å². The second kappa shape index (κ2) is 8.47. The van der Waals surface area contributed by atoms with Crippen molar-refractivity contribution < 1.29 is 4.42 Å². The first-order valence-electron chi connectivity index (χ1n) is 10.3. The largest absolute Gasteiger partial charge is 0.419 e. The van der Waals surface area contributed by atoms with Crippen LogP contribution in [0.2, 0.25) is 0 Å². The number of fused-ring (bicyclic) bond motifs is 1. The van der Waals surface area contributed by atoms with Crippen molar-refractivity contribution in [2.24, 2.45) is 0 Å². The minimum Gasteiger partial charge on any atom is -0.408 e. The van der Waals surface area contributed by atoms with E-state index in [9.17, 15) is 4.79 Å². The zero-order valence-electron chi connectivity index (χ0n) is 17.7. The van der Waals surface area contributed by atoms with Gasteiger partial charge in [0.05, 0.1) is 11.2 Å². The van der Waals surface area contributed by atoms with Crippen molar-refractivity contribution >= 4 is 22.9 Å². The van der Waals surface area contributed by atoms with Crippen molar-refractivity contribution in [1.29, 1.82) is 0 Å². The number of aromatic nitrogens is 5. The Morgan fingerprint density at radius 1 is 0.969 bits per heavy atom. The minimum absolute atomic E-state index is 0.347. The van der Waals surface area contributed by atoms with Crippen LogP contribution in [-0.2, 0) is 6.54 Å². The molecule has 0 aliphatic carbocycles. The van der Waals surface area contributed by atoms with Gasteiger partial charge in [0.1, 0.15) is 0 Å². The summed E-state index contributed by atoms with van der Waals surface area (Å²) in [5.41, 5.74) is 5.76. The average molecular weight is 444 g/mol. The van der Waals surface area contributed by atoms with E-state index < -0.39 is 0 Å². The number of rotatable bonds is 6. The molecule has 3 heterocycles. The molecule has 160 valence electrons. The number of hydrogen-bond donors (Lipinski definition) is 0. The van der Waals surface area contributed by atoms with Crippen LogP contribution in [-0.4, -0.2) is 30.1 Å². The Kier molecular flexibility index (Phi) is 5.36. The van der Waals surface area contributed by atoms with E-state index >= 15 is 0 Å². The Morgan fingerprint density at radius 2 is 1.78 bits per heavy atom. The van der Waals surface area contributed by atoms with Gasteiger partial charge in [0.25, 0.3) is 0 Å². The summed E-state index contributed by atoms with van der Waals surface area (Å²) in [6, 6.07) is 17.6. The van der Waals surface area contributed by atoms with E-state index in [1.165, 1.54) is 11.1 Å². The van der Waals surface area contributed by atoms with E-state index in [-0.39, 0.29) is 5.76 Å². The SMILES string of the molecule is Cc1ccc(-n2c(SCCn3c(=O)oc4ccccc43)nnc2-c2ccncc2)cc1C. The molecule has 0 atom stereocenters. The Bertz CT molecular complexity index is 1450. The van der Waals surface area contributed by atoms with Crippen LogP contribution >= 0.6 is 11.8 Å². The fraction of sp³-hybridized carbons (Fsp3) is 0.167. The number of thioether (sulfide) groups is 1. The monoisotopic (exact) mass is 443 g/mol. The van der Waals surface area contributed by atoms with E-state index in [2.05, 4.69) is 51.8 Å². The topological polar surface area (TPSA) is 78.7 Å². The fourth-order valence-electron chi connectivity index (χ4n) is 3.60. The van der Waals surface area contributed by atoms with Crippen LogP contribution in [0.15, 0.2) is 81.4 Å². The number of nitrogens with zero attached hydrogens (tertiary/aromatic N) is 5. The predicted molar refractivity (Wildman–Crippen MR) is 125 cm³/mol. The highest BCUT2D eigenvalue weighted by Crippen LogP contribution is 2.29. The summed E-state index contributed by atoms with van der Waals surface area (Å²) in [5, 5.41) is 9.71. The highest BCUT2D eigenvalue weighted by atomic mass is 32.2. The maximum Gasteiger partial charge on any atom is 0.419 e. The van der Waals surface area contributed by atoms with Gasteiger partial charge >= 0.3 is 5.76 Å². The first kappa shape index (κ1) is 20.3. The molecule has 0 saturated heterocycles. The minimum atomic E-state index is -0.347. The molecule has 0 unspecified atom stereocenters. The predicted octanol–water partition coefficient (Wildman–Crippen LogP) is 4.65. The highest BCUT2D eigenvalue weighted by Gasteiger charge is 2.17. The second-order valence-electron chi connectivity index (χ2n) is 7.48. The van der Waals surface area contributed by atoms with Gasteiger partial charge in [-0.2, -0.15) is 0 Å². The third kappa shape index (κ3) is 3.73. The molecule has 0 fully saturated rings. The van der Waals surface area contributed by atoms with Gasteiger partial charge in [-0.3, -0.25) is 14.1 Å². The van der Waals surface area contributed by atoms with E-state index in [4.69, 9.17) is 4.42 Å². The van der Waals surface area contributed by atoms with Crippen molar-refractivity contribution in [3.05, 3.63) is 88.7 Å². The van der Waals surface area contributed by atoms with Gasteiger partial charge in [0, 0.05) is 30.3 Å². The lowest BCUT2D eigenvalue weighted by atomic mass is 10.1. The maximum atomic E-state index is 12.3. The van der Waals surface area contributed by atoms with E-state index in [0.29, 0.717) is 17.9 Å². The van der Waals surface area contributed by atoms with Gasteiger partial charge in [-0.25, -0.2) is 4.79 Å². The van der Waals surface area contributed by atoms with Crippen LogP contribution in [0.25, 0.3) is 28.2 Å². The highest BCUT2D eigenvalue weighted by molar-refractivity contribution is 7.99. The van der Waals surface area contributed by atoms with Gasteiger partial charge in [0.2, 0.25) is 0 Å². The molecule has 8 heteroatoms. The molecule has 0 aliphatic heterocycles. The van der Waals surface area contributed by atoms with Crippen LogP contribution in [0.4, 0.5) is 0 Å². The summed E-state index contributed by atoms with van der Waals surface area (Å²) in [5.74, 6) is 1.05. The lowest BCUT2D eigenvalue weighted by Gasteiger charge is -2.12. The molecular formula is C24H21N5O2S. The molecule has 5 aromatic rings. The van der Waals surface area contributed by atoms with Gasteiger partial charge in [-0.05, 0) is 61.4 Å². The van der Waals surface area contributed by atoms with Crippen LogP contribution in [0.3, 0.4) is 0 Å². The van der Waals surface area contributed by atoms with Crippen molar-refractivity contribution in [3.8, 4) is 17.1 Å². The summed E-state index contributed by atoms with van der Waals surface area (Å²) in [7, 11) is 0. The first-order valence-corrected chi connectivity index (χ1v) is 11.2. The standard InChI is InChI=1S/C24H21N5O2S/c1-16-7-8-19(15-17(16)2)29-22(18-9-11-25-12-10-18)26-27-23(29)32-14-13-28-20-5-3-4-6-21(20)31-24(28)30/h3-12,15H,13-14H2,1-2H3. The van der Waals surface area contributed by atoms with Crippen molar-refractivity contribution in [2.75, 3.05) is 5.75 Å². The molecule has 0 N–H and O–H groups in total. The van der Waals surface area contributed by atoms with Crippen molar-refractivity contribution in [2.45, 2.75) is 25.5 Å². The fourth-order valence-corrected chi connectivity index (χ4v) is 4.48. The van der Waals surface area contributed by atoms with E-state index in [1.54, 1.807) is 34.8 Å². The van der Waals surface area contributed by atoms with Crippen LogP contribution in [0.1, 0.15) is 11.1 Å². The molecular weight excluding hydrogens is 422 g/mol. The van der Waals surface area contributed by atoms with Crippen molar-refractivity contribution in [3.63, 3.8) is 0 Å². The summed E-state index contributed by atoms with van der Waals surface area (Å²) in [4.78, 5) is 16.4. The zero-order chi connectivity index (χ0) is 22.1. The van der Waals surface area contributed by atoms with Gasteiger partial charge < -0.3 is 4.42 Å². The van der Waals surface area contributed by atoms with Crippen molar-refractivity contribution in [1.82, 2.24) is 24.3 Å². The zero-order valence-corrected chi connectivity index (χ0v) is 18.5. The molecule has 0 radical (unpaired) electrons. The lowest BCUT2D eigenvalue weighted by Crippen LogP contribution is -2.15. The number of pyridine rings is 1. The maximum absolute atomic E-state index is 12.3. The second-order valence-corrected chi connectivity index (χ2v) is 8.54. The quantitative estimate of drug-likeness (QED) is 0.356. The molecule has 0 spiro atoms. The molecule has 0 saturated carbocycles. The first-order chi connectivity index (χ1) is 15.6. The molecule has 0 bridgehead atoms. The van der Waals surface area contributed by atoms with Gasteiger partial charge in [0.15, 0.2) is 16.6 Å². The van der Waals surface area contributed by atoms with Gasteiger partial charge in [-0.15, -0.1) is 10.2 Å². The number of aryl methyl sites for hydroxylation is 3. The van der Waals surface area contributed by atoms with Crippen LogP contribution < -0.4 is 5.76 Å². The Hall–Kier alpha value is -3.65. The summed E-state index contributed by atoms with van der Waals surface area (Å²) in [6.45, 7) is 4.70. The third-order valence-corrected chi connectivity index (χ3v) is 6.35. The molecule has 32 heavy (non-hydrogen) atoms.